The van der Waals surface area contributed by atoms with Crippen molar-refractivity contribution in [2.45, 2.75) is 49.7 Å². The number of carbonyl (C=O) groups excluding carboxylic acids is 1. The fraction of sp³-hybridized carbons (Fsp3) is 0.364. The maximum absolute atomic E-state index is 12.0. The first-order chi connectivity index (χ1) is 15.4. The molecule has 3 aromatic rings. The van der Waals surface area contributed by atoms with Crippen LogP contribution >= 0.6 is 11.8 Å². The molecule has 0 radical (unpaired) electrons. The zero-order valence-corrected chi connectivity index (χ0v) is 19.3. The Bertz CT molecular complexity index is 1090. The van der Waals surface area contributed by atoms with Crippen LogP contribution in [0.15, 0.2) is 40.4 Å². The molecule has 1 saturated carbocycles. The number of nitrogens with zero attached hydrogens (tertiary/aromatic N) is 3. The van der Waals surface area contributed by atoms with Gasteiger partial charge in [0.05, 0.1) is 7.11 Å². The van der Waals surface area contributed by atoms with E-state index >= 15 is 0 Å². The summed E-state index contributed by atoms with van der Waals surface area (Å²) in [4.78, 5) is 22.2. The zero-order chi connectivity index (χ0) is 22.7. The first kappa shape index (κ1) is 21.9. The predicted molar refractivity (Wildman–Crippen MR) is 126 cm³/mol. The van der Waals surface area contributed by atoms with Gasteiger partial charge >= 0.3 is 0 Å². The van der Waals surface area contributed by atoms with Gasteiger partial charge in [0.15, 0.2) is 22.6 Å². The summed E-state index contributed by atoms with van der Waals surface area (Å²) in [6.07, 6.45) is 1.96. The number of hydrogen-bond acceptors (Lipinski definition) is 8. The second-order valence-electron chi connectivity index (χ2n) is 7.99. The molecule has 0 saturated heterocycles. The molecule has 0 atom stereocenters. The van der Waals surface area contributed by atoms with Gasteiger partial charge in [-0.1, -0.05) is 0 Å². The standard InChI is InChI=1S/C22H27N7O2S/c1-12(2)23-19-18(31-4)20(25-17-11-13(3)28-29-17)27-22(26-19)32-16-9-7-15(8-10-16)24-21(30)14-5-6-14/h7-12,14H,5-6H2,1-4H3,(H,24,30)(H3,23,25,26,27,28,29). The Morgan fingerprint density at radius 3 is 2.50 bits per heavy atom. The Morgan fingerprint density at radius 2 is 1.91 bits per heavy atom. The molecule has 2 aromatic heterocycles. The topological polar surface area (TPSA) is 117 Å². The lowest BCUT2D eigenvalue weighted by Crippen LogP contribution is -2.14. The number of methoxy groups -OCH3 is 1. The average Bonchev–Trinajstić information content (AvgIpc) is 3.52. The molecular weight excluding hydrogens is 426 g/mol. The smallest absolute Gasteiger partial charge is 0.227 e. The van der Waals surface area contributed by atoms with E-state index in [1.54, 1.807) is 7.11 Å². The minimum absolute atomic E-state index is 0.0950. The van der Waals surface area contributed by atoms with E-state index in [0.29, 0.717) is 28.4 Å². The number of aryl methyl sites for hydroxylation is 1. The van der Waals surface area contributed by atoms with Crippen molar-refractivity contribution in [1.29, 1.82) is 0 Å². The minimum atomic E-state index is 0.0950. The van der Waals surface area contributed by atoms with Crippen LogP contribution in [-0.2, 0) is 4.79 Å². The molecule has 0 bridgehead atoms. The summed E-state index contributed by atoms with van der Waals surface area (Å²) < 4.78 is 5.60. The summed E-state index contributed by atoms with van der Waals surface area (Å²) in [5, 5.41) is 17.2. The quantitative estimate of drug-likeness (QED) is 0.348. The van der Waals surface area contributed by atoms with E-state index in [1.807, 2.05) is 51.1 Å². The van der Waals surface area contributed by atoms with Gasteiger partial charge in [-0.25, -0.2) is 9.97 Å². The molecule has 4 rings (SSSR count). The molecule has 1 aliphatic rings. The highest BCUT2D eigenvalue weighted by Crippen LogP contribution is 2.37. The van der Waals surface area contributed by atoms with Crippen molar-refractivity contribution in [2.24, 2.45) is 5.92 Å². The number of H-pyrrole nitrogens is 1. The third-order valence-electron chi connectivity index (χ3n) is 4.71. The first-order valence-electron chi connectivity index (χ1n) is 10.5. The van der Waals surface area contributed by atoms with Gasteiger partial charge in [-0.15, -0.1) is 0 Å². The Balaban J connectivity index is 1.57. The normalized spacial score (nSPS) is 13.2. The molecule has 2 heterocycles. The van der Waals surface area contributed by atoms with Crippen molar-refractivity contribution >= 4 is 40.8 Å². The van der Waals surface area contributed by atoms with Crippen molar-refractivity contribution in [3.63, 3.8) is 0 Å². The van der Waals surface area contributed by atoms with E-state index < -0.39 is 0 Å². The van der Waals surface area contributed by atoms with Crippen LogP contribution in [0.4, 0.5) is 23.1 Å². The molecule has 4 N–H and O–H groups in total. The third-order valence-corrected chi connectivity index (χ3v) is 5.58. The number of ether oxygens (including phenoxy) is 1. The number of aromatic nitrogens is 4. The number of nitrogens with one attached hydrogen (secondary N) is 4. The maximum Gasteiger partial charge on any atom is 0.227 e. The molecule has 1 aromatic carbocycles. The van der Waals surface area contributed by atoms with Crippen LogP contribution in [0.1, 0.15) is 32.4 Å². The molecule has 1 aliphatic carbocycles. The maximum atomic E-state index is 12.0. The zero-order valence-electron chi connectivity index (χ0n) is 18.5. The van der Waals surface area contributed by atoms with Gasteiger partial charge < -0.3 is 20.7 Å². The third kappa shape index (κ3) is 5.50. The van der Waals surface area contributed by atoms with E-state index in [0.717, 1.165) is 29.1 Å². The fourth-order valence-corrected chi connectivity index (χ4v) is 3.79. The number of aromatic amines is 1. The number of amides is 1. The predicted octanol–water partition coefficient (Wildman–Crippen LogP) is 4.58. The van der Waals surface area contributed by atoms with Gasteiger partial charge in [-0.3, -0.25) is 9.89 Å². The second-order valence-corrected chi connectivity index (χ2v) is 9.03. The molecule has 0 unspecified atom stereocenters. The lowest BCUT2D eigenvalue weighted by molar-refractivity contribution is -0.117. The molecule has 1 amide bonds. The summed E-state index contributed by atoms with van der Waals surface area (Å²) in [6, 6.07) is 9.72. The van der Waals surface area contributed by atoms with E-state index in [1.165, 1.54) is 11.8 Å². The molecule has 1 fully saturated rings. The molecule has 32 heavy (non-hydrogen) atoms. The lowest BCUT2D eigenvalue weighted by Gasteiger charge is -2.17. The lowest BCUT2D eigenvalue weighted by atomic mass is 10.3. The van der Waals surface area contributed by atoms with Crippen molar-refractivity contribution in [3.8, 4) is 5.75 Å². The van der Waals surface area contributed by atoms with Gasteiger partial charge in [0.1, 0.15) is 0 Å². The first-order valence-corrected chi connectivity index (χ1v) is 11.3. The van der Waals surface area contributed by atoms with Crippen molar-refractivity contribution in [1.82, 2.24) is 20.2 Å². The van der Waals surface area contributed by atoms with E-state index in [-0.39, 0.29) is 17.9 Å². The van der Waals surface area contributed by atoms with Crippen LogP contribution in [0, 0.1) is 12.8 Å². The van der Waals surface area contributed by atoms with E-state index in [9.17, 15) is 4.79 Å². The Hall–Kier alpha value is -3.27. The monoisotopic (exact) mass is 453 g/mol. The molecule has 0 spiro atoms. The number of anilines is 4. The average molecular weight is 454 g/mol. The van der Waals surface area contributed by atoms with Gasteiger partial charge in [-0.05, 0) is 69.6 Å². The van der Waals surface area contributed by atoms with Crippen LogP contribution in [0.2, 0.25) is 0 Å². The van der Waals surface area contributed by atoms with Crippen molar-refractivity contribution in [3.05, 3.63) is 36.0 Å². The number of hydrogen-bond donors (Lipinski definition) is 4. The van der Waals surface area contributed by atoms with Gasteiger partial charge in [0, 0.05) is 34.3 Å². The number of benzene rings is 1. The highest BCUT2D eigenvalue weighted by Gasteiger charge is 2.29. The molecule has 168 valence electrons. The van der Waals surface area contributed by atoms with Crippen molar-refractivity contribution in [2.75, 3.05) is 23.1 Å². The largest absolute Gasteiger partial charge is 0.490 e. The van der Waals surface area contributed by atoms with Crippen LogP contribution in [-0.4, -0.2) is 39.2 Å². The summed E-state index contributed by atoms with van der Waals surface area (Å²) in [7, 11) is 1.59. The van der Waals surface area contributed by atoms with Crippen LogP contribution < -0.4 is 20.7 Å². The summed E-state index contributed by atoms with van der Waals surface area (Å²) in [6.45, 7) is 6.00. The van der Waals surface area contributed by atoms with Crippen molar-refractivity contribution < 1.29 is 9.53 Å². The van der Waals surface area contributed by atoms with Gasteiger partial charge in [0.2, 0.25) is 11.7 Å². The number of rotatable bonds is 9. The SMILES string of the molecule is COc1c(Nc2cc(C)[nH]n2)nc(Sc2ccc(NC(=O)C3CC3)cc2)nc1NC(C)C. The summed E-state index contributed by atoms with van der Waals surface area (Å²) in [5.41, 5.74) is 1.73. The summed E-state index contributed by atoms with van der Waals surface area (Å²) in [5.74, 6) is 2.55. The molecule has 9 nitrogen and oxygen atoms in total. The van der Waals surface area contributed by atoms with E-state index in [2.05, 4.69) is 36.1 Å². The Kier molecular flexibility index (Phi) is 6.50. The minimum Gasteiger partial charge on any atom is -0.490 e. The molecule has 0 aliphatic heterocycles. The summed E-state index contributed by atoms with van der Waals surface area (Å²) >= 11 is 1.43. The van der Waals surface area contributed by atoms with Crippen LogP contribution in [0.5, 0.6) is 5.75 Å². The second kappa shape index (κ2) is 9.47. The van der Waals surface area contributed by atoms with Gasteiger partial charge in [-0.2, -0.15) is 5.10 Å². The highest BCUT2D eigenvalue weighted by atomic mass is 32.2. The molecule has 10 heteroatoms. The van der Waals surface area contributed by atoms with Crippen LogP contribution in [0.25, 0.3) is 0 Å². The van der Waals surface area contributed by atoms with Crippen LogP contribution in [0.3, 0.4) is 0 Å². The number of carbonyl (C=O) groups is 1. The van der Waals surface area contributed by atoms with E-state index in [4.69, 9.17) is 4.74 Å². The van der Waals surface area contributed by atoms with Gasteiger partial charge in [0.25, 0.3) is 0 Å². The Morgan fingerprint density at radius 1 is 1.19 bits per heavy atom. The Labute approximate surface area is 191 Å². The molecular formula is C22H27N7O2S. The fourth-order valence-electron chi connectivity index (χ4n) is 3.03. The highest BCUT2D eigenvalue weighted by molar-refractivity contribution is 7.99.